The summed E-state index contributed by atoms with van der Waals surface area (Å²) in [4.78, 5) is 0. The van der Waals surface area contributed by atoms with E-state index < -0.39 is 0 Å². The van der Waals surface area contributed by atoms with Crippen LogP contribution >= 0.6 is 0 Å². The Morgan fingerprint density at radius 2 is 2.35 bits per heavy atom. The summed E-state index contributed by atoms with van der Waals surface area (Å²) in [6.45, 7) is 0. The molecule has 0 unspecified atom stereocenters. The van der Waals surface area contributed by atoms with Gasteiger partial charge in [-0.3, -0.25) is 4.68 Å². The standard InChI is InChI=1S/C15H15FN4/c1-20-9-11-13(3-2-4-14(11)19-20)18-15-6-5-10(8-17)7-12(15)16/h5-7,9,13,18H,2-4H2,1H3/t13-/m0/s1. The van der Waals surface area contributed by atoms with E-state index in [-0.39, 0.29) is 11.9 Å². The average Bonchev–Trinajstić information content (AvgIpc) is 2.82. The Bertz CT molecular complexity index is 684. The van der Waals surface area contributed by atoms with E-state index in [1.54, 1.807) is 16.8 Å². The fourth-order valence-electron chi connectivity index (χ4n) is 2.71. The molecule has 0 radical (unpaired) electrons. The second-order valence-electron chi connectivity index (χ2n) is 5.10. The van der Waals surface area contributed by atoms with Gasteiger partial charge in [0.15, 0.2) is 0 Å². The van der Waals surface area contributed by atoms with Crippen molar-refractivity contribution in [3.8, 4) is 6.07 Å². The molecule has 102 valence electrons. The van der Waals surface area contributed by atoms with Gasteiger partial charge in [-0.2, -0.15) is 10.4 Å². The molecule has 1 aromatic heterocycles. The van der Waals surface area contributed by atoms with Gasteiger partial charge in [0.25, 0.3) is 0 Å². The lowest BCUT2D eigenvalue weighted by Crippen LogP contribution is -2.17. The molecule has 0 spiro atoms. The van der Waals surface area contributed by atoms with E-state index in [0.717, 1.165) is 30.5 Å². The largest absolute Gasteiger partial charge is 0.376 e. The van der Waals surface area contributed by atoms with Crippen molar-refractivity contribution in [1.29, 1.82) is 5.26 Å². The Kier molecular flexibility index (Phi) is 3.15. The van der Waals surface area contributed by atoms with Gasteiger partial charge in [0.05, 0.1) is 29.1 Å². The number of hydrogen-bond acceptors (Lipinski definition) is 3. The zero-order valence-electron chi connectivity index (χ0n) is 11.2. The number of benzene rings is 1. The van der Waals surface area contributed by atoms with Gasteiger partial charge < -0.3 is 5.32 Å². The van der Waals surface area contributed by atoms with E-state index in [9.17, 15) is 4.39 Å². The molecular weight excluding hydrogens is 255 g/mol. The van der Waals surface area contributed by atoms with Crippen LogP contribution in [0.2, 0.25) is 0 Å². The minimum Gasteiger partial charge on any atom is -0.376 e. The van der Waals surface area contributed by atoms with Crippen LogP contribution in [0.4, 0.5) is 10.1 Å². The summed E-state index contributed by atoms with van der Waals surface area (Å²) in [5.41, 5.74) is 3.00. The highest BCUT2D eigenvalue weighted by Gasteiger charge is 2.23. The zero-order chi connectivity index (χ0) is 14.1. The number of nitriles is 1. The number of nitrogens with one attached hydrogen (secondary N) is 1. The van der Waals surface area contributed by atoms with E-state index in [1.807, 2.05) is 19.3 Å². The van der Waals surface area contributed by atoms with Crippen LogP contribution in [0.1, 0.15) is 35.7 Å². The van der Waals surface area contributed by atoms with Crippen LogP contribution in [0.15, 0.2) is 24.4 Å². The van der Waals surface area contributed by atoms with Crippen molar-refractivity contribution < 1.29 is 4.39 Å². The molecule has 0 aliphatic heterocycles. The Balaban J connectivity index is 1.87. The van der Waals surface area contributed by atoms with E-state index in [4.69, 9.17) is 5.26 Å². The van der Waals surface area contributed by atoms with E-state index in [0.29, 0.717) is 11.3 Å². The monoisotopic (exact) mass is 270 g/mol. The lowest BCUT2D eigenvalue weighted by Gasteiger charge is -2.24. The number of hydrogen-bond donors (Lipinski definition) is 1. The van der Waals surface area contributed by atoms with Gasteiger partial charge in [-0.05, 0) is 37.5 Å². The van der Waals surface area contributed by atoms with E-state index in [1.165, 1.54) is 6.07 Å². The number of anilines is 1. The Labute approximate surface area is 116 Å². The number of fused-ring (bicyclic) bond motifs is 1. The van der Waals surface area contributed by atoms with Gasteiger partial charge in [0.2, 0.25) is 0 Å². The van der Waals surface area contributed by atoms with E-state index >= 15 is 0 Å². The molecule has 5 heteroatoms. The van der Waals surface area contributed by atoms with Crippen molar-refractivity contribution in [2.75, 3.05) is 5.32 Å². The molecule has 1 heterocycles. The van der Waals surface area contributed by atoms with Crippen LogP contribution in [0.5, 0.6) is 0 Å². The molecule has 1 aromatic carbocycles. The first-order valence-corrected chi connectivity index (χ1v) is 6.66. The highest BCUT2D eigenvalue weighted by molar-refractivity contribution is 5.50. The molecule has 20 heavy (non-hydrogen) atoms. The number of nitrogens with zero attached hydrogens (tertiary/aromatic N) is 3. The predicted molar refractivity (Wildman–Crippen MR) is 73.6 cm³/mol. The lowest BCUT2D eigenvalue weighted by molar-refractivity contribution is 0.581. The summed E-state index contributed by atoms with van der Waals surface area (Å²) in [6, 6.07) is 6.52. The molecule has 1 aliphatic carbocycles. The zero-order valence-corrected chi connectivity index (χ0v) is 11.2. The normalized spacial score (nSPS) is 17.4. The lowest BCUT2D eigenvalue weighted by atomic mass is 9.93. The van der Waals surface area contributed by atoms with Gasteiger partial charge in [0, 0.05) is 18.8 Å². The summed E-state index contributed by atoms with van der Waals surface area (Å²) in [7, 11) is 1.90. The van der Waals surface area contributed by atoms with Crippen molar-refractivity contribution >= 4 is 5.69 Å². The van der Waals surface area contributed by atoms with Gasteiger partial charge >= 0.3 is 0 Å². The molecule has 0 bridgehead atoms. The second kappa shape index (κ2) is 4.97. The first-order valence-electron chi connectivity index (χ1n) is 6.66. The number of aryl methyl sites for hydroxylation is 2. The number of aromatic nitrogens is 2. The molecule has 1 aliphatic rings. The minimum absolute atomic E-state index is 0.0786. The van der Waals surface area contributed by atoms with Crippen LogP contribution < -0.4 is 5.32 Å². The van der Waals surface area contributed by atoms with E-state index in [2.05, 4.69) is 10.4 Å². The van der Waals surface area contributed by atoms with Crippen LogP contribution in [0, 0.1) is 17.1 Å². The average molecular weight is 270 g/mol. The minimum atomic E-state index is -0.389. The summed E-state index contributed by atoms with van der Waals surface area (Å²) < 4.78 is 15.7. The fourth-order valence-corrected chi connectivity index (χ4v) is 2.71. The molecule has 4 nitrogen and oxygen atoms in total. The molecule has 0 amide bonds. The van der Waals surface area contributed by atoms with Crippen LogP contribution in [-0.2, 0) is 13.5 Å². The number of rotatable bonds is 2. The summed E-state index contributed by atoms with van der Waals surface area (Å²) in [5, 5.41) is 16.4. The van der Waals surface area contributed by atoms with Gasteiger partial charge in [-0.15, -0.1) is 0 Å². The smallest absolute Gasteiger partial charge is 0.147 e. The van der Waals surface area contributed by atoms with Crippen molar-refractivity contribution in [2.24, 2.45) is 7.05 Å². The van der Waals surface area contributed by atoms with Gasteiger partial charge in [0.1, 0.15) is 5.82 Å². The molecule has 3 rings (SSSR count). The third-order valence-electron chi connectivity index (χ3n) is 3.65. The quantitative estimate of drug-likeness (QED) is 0.912. The summed E-state index contributed by atoms with van der Waals surface area (Å²) in [6.07, 6.45) is 4.97. The maximum Gasteiger partial charge on any atom is 0.147 e. The second-order valence-corrected chi connectivity index (χ2v) is 5.10. The first-order chi connectivity index (χ1) is 9.67. The first kappa shape index (κ1) is 12.7. The summed E-state index contributed by atoms with van der Waals surface area (Å²) >= 11 is 0. The molecule has 0 saturated heterocycles. The van der Waals surface area contributed by atoms with Crippen LogP contribution in [0.25, 0.3) is 0 Å². The SMILES string of the molecule is Cn1cc2c(n1)CCC[C@@H]2Nc1ccc(C#N)cc1F. The topological polar surface area (TPSA) is 53.6 Å². The molecular formula is C15H15FN4. The third-order valence-corrected chi connectivity index (χ3v) is 3.65. The highest BCUT2D eigenvalue weighted by Crippen LogP contribution is 2.32. The van der Waals surface area contributed by atoms with Gasteiger partial charge in [-0.25, -0.2) is 4.39 Å². The van der Waals surface area contributed by atoms with Crippen molar-refractivity contribution in [3.05, 3.63) is 47.0 Å². The van der Waals surface area contributed by atoms with Gasteiger partial charge in [-0.1, -0.05) is 0 Å². The molecule has 1 atom stereocenters. The maximum atomic E-state index is 13.9. The third kappa shape index (κ3) is 2.25. The molecule has 0 fully saturated rings. The van der Waals surface area contributed by atoms with Crippen LogP contribution in [-0.4, -0.2) is 9.78 Å². The van der Waals surface area contributed by atoms with Crippen molar-refractivity contribution in [2.45, 2.75) is 25.3 Å². The number of halogens is 1. The maximum absolute atomic E-state index is 13.9. The van der Waals surface area contributed by atoms with Crippen molar-refractivity contribution in [3.63, 3.8) is 0 Å². The molecule has 1 N–H and O–H groups in total. The van der Waals surface area contributed by atoms with Crippen molar-refractivity contribution in [1.82, 2.24) is 9.78 Å². The Morgan fingerprint density at radius 1 is 1.50 bits per heavy atom. The predicted octanol–water partition coefficient (Wildman–Crippen LogP) is 2.92. The summed E-state index contributed by atoms with van der Waals surface area (Å²) in [5.74, 6) is -0.389. The Morgan fingerprint density at radius 3 is 3.10 bits per heavy atom. The molecule has 0 saturated carbocycles. The molecule has 2 aromatic rings. The Hall–Kier alpha value is -2.35. The van der Waals surface area contributed by atoms with Crippen LogP contribution in [0.3, 0.4) is 0 Å². The fraction of sp³-hybridized carbons (Fsp3) is 0.333. The highest BCUT2D eigenvalue weighted by atomic mass is 19.1.